The van der Waals surface area contributed by atoms with E-state index < -0.39 is 22.3 Å². The second-order valence-electron chi connectivity index (χ2n) is 5.34. The number of hydrogen-bond donors (Lipinski definition) is 2. The van der Waals surface area contributed by atoms with Gasteiger partial charge in [0.05, 0.1) is 23.1 Å². The molecule has 1 atom stereocenters. The normalized spacial score (nSPS) is 20.8. The highest BCUT2D eigenvalue weighted by atomic mass is 19.1. The summed E-state index contributed by atoms with van der Waals surface area (Å²) in [6.07, 6.45) is 1.81. The monoisotopic (exact) mass is 311 g/mol. The molecule has 0 spiro atoms. The van der Waals surface area contributed by atoms with E-state index in [-0.39, 0.29) is 17.6 Å². The number of nitrogens with zero attached hydrogens (tertiary/aromatic N) is 1. The second kappa shape index (κ2) is 6.80. The topological polar surface area (TPSA) is 93.5 Å². The summed E-state index contributed by atoms with van der Waals surface area (Å²) in [5, 5.41) is 16.9. The van der Waals surface area contributed by atoms with Gasteiger partial charge in [0.1, 0.15) is 11.4 Å². The highest BCUT2D eigenvalue weighted by Crippen LogP contribution is 2.21. The summed E-state index contributed by atoms with van der Waals surface area (Å²) in [5.74, 6) is -1.35. The fourth-order valence-corrected chi connectivity index (χ4v) is 2.66. The number of carbonyl (C=O) groups excluding carboxylic acids is 1. The molecule has 8 heteroatoms. The van der Waals surface area contributed by atoms with Crippen molar-refractivity contribution in [1.82, 2.24) is 10.6 Å². The Morgan fingerprint density at radius 2 is 2.36 bits per heavy atom. The number of nitro groups is 1. The van der Waals surface area contributed by atoms with Gasteiger partial charge in [0.2, 0.25) is 0 Å². The maximum Gasteiger partial charge on any atom is 0.285 e. The molecular formula is C14H18FN3O4. The number of hydrogen-bond acceptors (Lipinski definition) is 5. The van der Waals surface area contributed by atoms with Crippen LogP contribution in [0, 0.1) is 15.9 Å². The van der Waals surface area contributed by atoms with Crippen molar-refractivity contribution in [2.24, 2.45) is 0 Å². The fraction of sp³-hybridized carbons (Fsp3) is 0.500. The zero-order chi connectivity index (χ0) is 16.2. The first-order chi connectivity index (χ1) is 10.5. The van der Waals surface area contributed by atoms with Gasteiger partial charge in [-0.2, -0.15) is 0 Å². The number of nitrogens with one attached hydrogen (secondary N) is 2. The molecule has 1 aromatic carbocycles. The van der Waals surface area contributed by atoms with Gasteiger partial charge in [0, 0.05) is 13.7 Å². The predicted octanol–water partition coefficient (Wildman–Crippen LogP) is 1.23. The van der Waals surface area contributed by atoms with Crippen LogP contribution in [0.15, 0.2) is 18.2 Å². The first-order valence-corrected chi connectivity index (χ1v) is 6.93. The summed E-state index contributed by atoms with van der Waals surface area (Å²) in [7, 11) is 1.58. The molecule has 1 saturated heterocycles. The molecule has 1 aromatic rings. The minimum atomic E-state index is -0.767. The number of carbonyl (C=O) groups is 1. The number of methoxy groups -OCH3 is 1. The second-order valence-corrected chi connectivity index (χ2v) is 5.34. The van der Waals surface area contributed by atoms with Gasteiger partial charge in [-0.05, 0) is 31.5 Å². The van der Waals surface area contributed by atoms with Gasteiger partial charge in [-0.25, -0.2) is 4.39 Å². The summed E-state index contributed by atoms with van der Waals surface area (Å²) in [5.41, 5.74) is -1.06. The smallest absolute Gasteiger partial charge is 0.285 e. The summed E-state index contributed by atoms with van der Waals surface area (Å²) >= 11 is 0. The third-order valence-corrected chi connectivity index (χ3v) is 3.74. The lowest BCUT2D eigenvalue weighted by atomic mass is 9.98. The minimum absolute atomic E-state index is 0.156. The number of amides is 1. The van der Waals surface area contributed by atoms with Gasteiger partial charge >= 0.3 is 0 Å². The first-order valence-electron chi connectivity index (χ1n) is 6.93. The van der Waals surface area contributed by atoms with Crippen molar-refractivity contribution in [1.29, 1.82) is 0 Å². The van der Waals surface area contributed by atoms with E-state index in [0.29, 0.717) is 6.61 Å². The Labute approximate surface area is 127 Å². The van der Waals surface area contributed by atoms with E-state index in [4.69, 9.17) is 4.74 Å². The average molecular weight is 311 g/mol. The van der Waals surface area contributed by atoms with Crippen LogP contribution in [0.1, 0.15) is 23.2 Å². The zero-order valence-corrected chi connectivity index (χ0v) is 12.2. The highest BCUT2D eigenvalue weighted by Gasteiger charge is 2.34. The van der Waals surface area contributed by atoms with E-state index in [1.807, 2.05) is 0 Å². The van der Waals surface area contributed by atoms with Crippen molar-refractivity contribution >= 4 is 11.6 Å². The summed E-state index contributed by atoms with van der Waals surface area (Å²) in [4.78, 5) is 22.3. The lowest BCUT2D eigenvalue weighted by Gasteiger charge is -2.28. The minimum Gasteiger partial charge on any atom is -0.383 e. The summed E-state index contributed by atoms with van der Waals surface area (Å²) in [6, 6.07) is 2.89. The Morgan fingerprint density at radius 3 is 2.95 bits per heavy atom. The Hall–Kier alpha value is -2.06. The quantitative estimate of drug-likeness (QED) is 0.609. The molecule has 1 unspecified atom stereocenters. The number of rotatable bonds is 6. The lowest BCUT2D eigenvalue weighted by molar-refractivity contribution is -0.385. The van der Waals surface area contributed by atoms with Crippen LogP contribution in [0.3, 0.4) is 0 Å². The van der Waals surface area contributed by atoms with Crippen LogP contribution in [0.2, 0.25) is 0 Å². The van der Waals surface area contributed by atoms with Gasteiger partial charge in [-0.15, -0.1) is 0 Å². The van der Waals surface area contributed by atoms with Crippen molar-refractivity contribution in [3.63, 3.8) is 0 Å². The van der Waals surface area contributed by atoms with Gasteiger partial charge in [0.15, 0.2) is 0 Å². The third kappa shape index (κ3) is 3.58. The maximum absolute atomic E-state index is 13.1. The molecule has 0 aliphatic carbocycles. The molecule has 7 nitrogen and oxygen atoms in total. The molecule has 22 heavy (non-hydrogen) atoms. The number of benzene rings is 1. The summed E-state index contributed by atoms with van der Waals surface area (Å²) in [6.45, 7) is 1.54. The van der Waals surface area contributed by atoms with Gasteiger partial charge < -0.3 is 15.4 Å². The number of halogens is 1. The van der Waals surface area contributed by atoms with E-state index in [0.717, 1.165) is 37.6 Å². The molecule has 1 amide bonds. The van der Waals surface area contributed by atoms with E-state index in [1.54, 1.807) is 7.11 Å². The van der Waals surface area contributed by atoms with Crippen LogP contribution >= 0.6 is 0 Å². The van der Waals surface area contributed by atoms with Crippen LogP contribution in [-0.4, -0.2) is 43.2 Å². The molecule has 1 aliphatic heterocycles. The van der Waals surface area contributed by atoms with E-state index in [1.165, 1.54) is 0 Å². The number of nitro benzene ring substituents is 1. The van der Waals surface area contributed by atoms with Crippen molar-refractivity contribution in [2.75, 3.05) is 26.8 Å². The van der Waals surface area contributed by atoms with Gasteiger partial charge in [-0.1, -0.05) is 0 Å². The van der Waals surface area contributed by atoms with Crippen molar-refractivity contribution in [3.8, 4) is 0 Å². The fourth-order valence-electron chi connectivity index (χ4n) is 2.66. The lowest BCUT2D eigenvalue weighted by Crippen LogP contribution is -2.53. The molecule has 0 radical (unpaired) electrons. The Bertz CT molecular complexity index is 573. The zero-order valence-electron chi connectivity index (χ0n) is 12.2. The van der Waals surface area contributed by atoms with Crippen LogP contribution < -0.4 is 10.6 Å². The highest BCUT2D eigenvalue weighted by molar-refractivity contribution is 5.98. The van der Waals surface area contributed by atoms with E-state index >= 15 is 0 Å². The van der Waals surface area contributed by atoms with Gasteiger partial charge in [-0.3, -0.25) is 14.9 Å². The van der Waals surface area contributed by atoms with Crippen molar-refractivity contribution in [2.45, 2.75) is 18.4 Å². The first kappa shape index (κ1) is 16.3. The molecule has 0 saturated carbocycles. The molecule has 0 aromatic heterocycles. The Morgan fingerprint density at radius 1 is 1.59 bits per heavy atom. The molecular weight excluding hydrogens is 293 g/mol. The van der Waals surface area contributed by atoms with E-state index in [2.05, 4.69) is 10.6 Å². The third-order valence-electron chi connectivity index (χ3n) is 3.74. The largest absolute Gasteiger partial charge is 0.383 e. The van der Waals surface area contributed by atoms with Crippen LogP contribution in [0.25, 0.3) is 0 Å². The predicted molar refractivity (Wildman–Crippen MR) is 77.2 cm³/mol. The maximum atomic E-state index is 13.1. The standard InChI is InChI=1S/C14H18FN3O4/c1-22-9-14(5-2-6-17-14)8-16-13(19)11-4-3-10(15)7-12(11)18(20)21/h3-4,7,17H,2,5-6,8-9H2,1H3,(H,16,19). The van der Waals surface area contributed by atoms with Crippen LogP contribution in [-0.2, 0) is 4.74 Å². The van der Waals surface area contributed by atoms with Crippen molar-refractivity contribution in [3.05, 3.63) is 39.7 Å². The Balaban J connectivity index is 2.11. The molecule has 120 valence electrons. The molecule has 0 bridgehead atoms. The molecule has 2 N–H and O–H groups in total. The average Bonchev–Trinajstić information content (AvgIpc) is 2.94. The van der Waals surface area contributed by atoms with Crippen LogP contribution in [0.5, 0.6) is 0 Å². The van der Waals surface area contributed by atoms with Crippen LogP contribution in [0.4, 0.5) is 10.1 Å². The van der Waals surface area contributed by atoms with Gasteiger partial charge in [0.25, 0.3) is 11.6 Å². The molecule has 2 rings (SSSR count). The molecule has 1 heterocycles. The molecule has 1 fully saturated rings. The number of ether oxygens (including phenoxy) is 1. The van der Waals surface area contributed by atoms with Crippen molar-refractivity contribution < 1.29 is 18.8 Å². The van der Waals surface area contributed by atoms with E-state index in [9.17, 15) is 19.3 Å². The molecule has 1 aliphatic rings. The summed E-state index contributed by atoms with van der Waals surface area (Å²) < 4.78 is 18.3. The SMILES string of the molecule is COCC1(CNC(=O)c2ccc(F)cc2[N+](=O)[O-])CCCN1. The Kier molecular flexibility index (Phi) is 5.04.